The fourth-order valence-electron chi connectivity index (χ4n) is 2.07. The van der Waals surface area contributed by atoms with Crippen LogP contribution < -0.4 is 5.32 Å². The minimum atomic E-state index is -0.461. The van der Waals surface area contributed by atoms with Gasteiger partial charge in [0.15, 0.2) is 0 Å². The molecule has 0 aromatic heterocycles. The van der Waals surface area contributed by atoms with E-state index in [0.29, 0.717) is 5.56 Å². The second-order valence-corrected chi connectivity index (χ2v) is 5.09. The van der Waals surface area contributed by atoms with Gasteiger partial charge >= 0.3 is 5.97 Å². The van der Waals surface area contributed by atoms with E-state index in [2.05, 4.69) is 5.32 Å². The predicted molar refractivity (Wildman–Crippen MR) is 84.5 cm³/mol. The highest BCUT2D eigenvalue weighted by atomic mass is 16.5. The first-order valence-electron chi connectivity index (χ1n) is 7.15. The standard InChI is InChI=1S/C18H19NO3/c1-13-7-6-10-16(11-13)18(21)19-12-17(20)22-14(2)15-8-4-3-5-9-15/h3-11,14H,12H2,1-2H3,(H,19,21)/t14-/m0/s1. The van der Waals surface area contributed by atoms with Crippen LogP contribution in [0.2, 0.25) is 0 Å². The molecule has 0 bridgehead atoms. The van der Waals surface area contributed by atoms with Crippen LogP contribution in [0, 0.1) is 6.92 Å². The van der Waals surface area contributed by atoms with Crippen LogP contribution in [0.5, 0.6) is 0 Å². The lowest BCUT2D eigenvalue weighted by Crippen LogP contribution is -2.31. The fourth-order valence-corrected chi connectivity index (χ4v) is 2.07. The molecule has 2 aromatic carbocycles. The summed E-state index contributed by atoms with van der Waals surface area (Å²) >= 11 is 0. The SMILES string of the molecule is Cc1cccc(C(=O)NCC(=O)O[C@@H](C)c2ccccc2)c1. The third kappa shape index (κ3) is 4.45. The van der Waals surface area contributed by atoms with Crippen molar-refractivity contribution < 1.29 is 14.3 Å². The van der Waals surface area contributed by atoms with Crippen molar-refractivity contribution in [2.45, 2.75) is 20.0 Å². The van der Waals surface area contributed by atoms with Gasteiger partial charge < -0.3 is 10.1 Å². The molecular weight excluding hydrogens is 278 g/mol. The Labute approximate surface area is 130 Å². The zero-order chi connectivity index (χ0) is 15.9. The van der Waals surface area contributed by atoms with Gasteiger partial charge in [0, 0.05) is 5.56 Å². The maximum absolute atomic E-state index is 11.9. The Morgan fingerprint density at radius 3 is 2.50 bits per heavy atom. The first kappa shape index (κ1) is 15.8. The molecule has 0 unspecified atom stereocenters. The van der Waals surface area contributed by atoms with E-state index in [9.17, 15) is 9.59 Å². The van der Waals surface area contributed by atoms with Crippen LogP contribution in [0.3, 0.4) is 0 Å². The van der Waals surface area contributed by atoms with E-state index in [1.54, 1.807) is 25.1 Å². The monoisotopic (exact) mass is 297 g/mol. The molecule has 1 N–H and O–H groups in total. The third-order valence-electron chi connectivity index (χ3n) is 3.25. The van der Waals surface area contributed by atoms with Crippen molar-refractivity contribution in [3.8, 4) is 0 Å². The highest BCUT2D eigenvalue weighted by molar-refractivity contribution is 5.96. The Kier molecular flexibility index (Phi) is 5.31. The third-order valence-corrected chi connectivity index (χ3v) is 3.25. The summed E-state index contributed by atoms with van der Waals surface area (Å²) in [5.74, 6) is -0.745. The number of hydrogen-bond acceptors (Lipinski definition) is 3. The zero-order valence-electron chi connectivity index (χ0n) is 12.7. The van der Waals surface area contributed by atoms with E-state index in [0.717, 1.165) is 11.1 Å². The molecule has 0 aliphatic carbocycles. The minimum Gasteiger partial charge on any atom is -0.456 e. The van der Waals surface area contributed by atoms with E-state index in [1.165, 1.54) is 0 Å². The second-order valence-electron chi connectivity index (χ2n) is 5.09. The fraction of sp³-hybridized carbons (Fsp3) is 0.222. The number of aryl methyl sites for hydroxylation is 1. The number of rotatable bonds is 5. The molecule has 4 nitrogen and oxygen atoms in total. The van der Waals surface area contributed by atoms with E-state index in [-0.39, 0.29) is 18.6 Å². The van der Waals surface area contributed by atoms with Gasteiger partial charge in [-0.1, -0.05) is 48.0 Å². The van der Waals surface area contributed by atoms with Crippen molar-refractivity contribution in [3.63, 3.8) is 0 Å². The van der Waals surface area contributed by atoms with Gasteiger partial charge in [0.05, 0.1) is 0 Å². The van der Waals surface area contributed by atoms with E-state index >= 15 is 0 Å². The largest absolute Gasteiger partial charge is 0.456 e. The van der Waals surface area contributed by atoms with Crippen LogP contribution in [0.25, 0.3) is 0 Å². The molecule has 22 heavy (non-hydrogen) atoms. The summed E-state index contributed by atoms with van der Waals surface area (Å²) in [6, 6.07) is 16.7. The topological polar surface area (TPSA) is 55.4 Å². The predicted octanol–water partition coefficient (Wildman–Crippen LogP) is 3.03. The molecule has 0 fully saturated rings. The maximum Gasteiger partial charge on any atom is 0.326 e. The lowest BCUT2D eigenvalue weighted by molar-refractivity contribution is -0.147. The van der Waals surface area contributed by atoms with Gasteiger partial charge in [0.2, 0.25) is 0 Å². The summed E-state index contributed by atoms with van der Waals surface area (Å²) in [4.78, 5) is 23.7. The van der Waals surface area contributed by atoms with E-state index in [1.807, 2.05) is 43.3 Å². The van der Waals surface area contributed by atoms with Crippen LogP contribution in [-0.2, 0) is 9.53 Å². The molecule has 0 spiro atoms. The van der Waals surface area contributed by atoms with Gasteiger partial charge in [-0.05, 0) is 31.5 Å². The molecule has 4 heteroatoms. The van der Waals surface area contributed by atoms with Crippen LogP contribution in [0.4, 0.5) is 0 Å². The van der Waals surface area contributed by atoms with E-state index < -0.39 is 5.97 Å². The molecule has 0 heterocycles. The number of amides is 1. The first-order valence-corrected chi connectivity index (χ1v) is 7.15. The molecule has 0 saturated heterocycles. The number of benzene rings is 2. The summed E-state index contributed by atoms with van der Waals surface area (Å²) in [6.45, 7) is 3.56. The zero-order valence-corrected chi connectivity index (χ0v) is 12.7. The number of carbonyl (C=O) groups excluding carboxylic acids is 2. The van der Waals surface area contributed by atoms with Gasteiger partial charge in [-0.25, -0.2) is 0 Å². The number of hydrogen-bond donors (Lipinski definition) is 1. The molecule has 0 saturated carbocycles. The van der Waals surface area contributed by atoms with Crippen LogP contribution >= 0.6 is 0 Å². The van der Waals surface area contributed by atoms with Crippen LogP contribution in [0.15, 0.2) is 54.6 Å². The lowest BCUT2D eigenvalue weighted by Gasteiger charge is -2.14. The number of esters is 1. The van der Waals surface area contributed by atoms with Crippen molar-refractivity contribution >= 4 is 11.9 Å². The van der Waals surface area contributed by atoms with Crippen molar-refractivity contribution in [2.75, 3.05) is 6.54 Å². The summed E-state index contributed by atoms with van der Waals surface area (Å²) in [7, 11) is 0. The second kappa shape index (κ2) is 7.41. The normalized spacial score (nSPS) is 11.5. The smallest absolute Gasteiger partial charge is 0.326 e. The Balaban J connectivity index is 1.84. The maximum atomic E-state index is 11.9. The molecule has 0 radical (unpaired) electrons. The summed E-state index contributed by atoms with van der Waals surface area (Å²) in [6.07, 6.45) is -0.343. The van der Waals surface area contributed by atoms with Crippen molar-refractivity contribution in [1.29, 1.82) is 0 Å². The summed E-state index contributed by atoms with van der Waals surface area (Å²) < 4.78 is 5.29. The van der Waals surface area contributed by atoms with Gasteiger partial charge in [0.1, 0.15) is 12.6 Å². The van der Waals surface area contributed by atoms with Gasteiger partial charge in [-0.2, -0.15) is 0 Å². The Bertz CT molecular complexity index is 652. The average Bonchev–Trinajstić information content (AvgIpc) is 2.53. The first-order chi connectivity index (χ1) is 10.6. The molecule has 114 valence electrons. The average molecular weight is 297 g/mol. The molecule has 0 aliphatic rings. The summed E-state index contributed by atoms with van der Waals surface area (Å²) in [5.41, 5.74) is 2.44. The van der Waals surface area contributed by atoms with Gasteiger partial charge in [-0.3, -0.25) is 9.59 Å². The van der Waals surface area contributed by atoms with Crippen molar-refractivity contribution in [2.24, 2.45) is 0 Å². The van der Waals surface area contributed by atoms with Crippen LogP contribution in [0.1, 0.15) is 34.5 Å². The van der Waals surface area contributed by atoms with E-state index in [4.69, 9.17) is 4.74 Å². The molecule has 0 aliphatic heterocycles. The quantitative estimate of drug-likeness (QED) is 0.863. The minimum absolute atomic E-state index is 0.149. The van der Waals surface area contributed by atoms with Crippen molar-refractivity contribution in [1.82, 2.24) is 5.32 Å². The molecule has 2 rings (SSSR count). The number of nitrogens with one attached hydrogen (secondary N) is 1. The number of carbonyl (C=O) groups is 2. The van der Waals surface area contributed by atoms with Gasteiger partial charge in [0.25, 0.3) is 5.91 Å². The molecular formula is C18H19NO3. The Hall–Kier alpha value is -2.62. The Morgan fingerprint density at radius 1 is 1.09 bits per heavy atom. The highest BCUT2D eigenvalue weighted by Crippen LogP contribution is 2.15. The van der Waals surface area contributed by atoms with Crippen molar-refractivity contribution in [3.05, 3.63) is 71.3 Å². The highest BCUT2D eigenvalue weighted by Gasteiger charge is 2.13. The number of ether oxygens (including phenoxy) is 1. The Morgan fingerprint density at radius 2 is 1.82 bits per heavy atom. The van der Waals surface area contributed by atoms with Crippen LogP contribution in [-0.4, -0.2) is 18.4 Å². The van der Waals surface area contributed by atoms with Gasteiger partial charge in [-0.15, -0.1) is 0 Å². The molecule has 1 amide bonds. The molecule has 2 aromatic rings. The lowest BCUT2D eigenvalue weighted by atomic mass is 10.1. The summed E-state index contributed by atoms with van der Waals surface area (Å²) in [5, 5.41) is 2.57. The molecule has 1 atom stereocenters.